The summed E-state index contributed by atoms with van der Waals surface area (Å²) in [4.78, 5) is 0. The van der Waals surface area contributed by atoms with Crippen LogP contribution in [0.25, 0.3) is 0 Å². The molecule has 10 heavy (non-hydrogen) atoms. The molecule has 0 radical (unpaired) electrons. The Morgan fingerprint density at radius 1 is 1.60 bits per heavy atom. The third-order valence-electron chi connectivity index (χ3n) is 0.879. The van der Waals surface area contributed by atoms with E-state index in [0.29, 0.717) is 13.2 Å². The number of alkyl halides is 1. The molecule has 0 heterocycles. The van der Waals surface area contributed by atoms with E-state index in [-0.39, 0.29) is 6.29 Å². The van der Waals surface area contributed by atoms with Crippen LogP contribution in [0.15, 0.2) is 12.7 Å². The molecule has 0 unspecified atom stereocenters. The van der Waals surface area contributed by atoms with Gasteiger partial charge in [0, 0.05) is 6.61 Å². The van der Waals surface area contributed by atoms with Gasteiger partial charge in [0.1, 0.15) is 0 Å². The third-order valence-corrected chi connectivity index (χ3v) is 1.60. The summed E-state index contributed by atoms with van der Waals surface area (Å²) in [6, 6.07) is 0. The first-order valence-electron chi connectivity index (χ1n) is 3.25. The Hall–Kier alpha value is 0.390. The highest BCUT2D eigenvalue weighted by Gasteiger charge is 2.03. The van der Waals surface area contributed by atoms with Crippen LogP contribution in [0.2, 0.25) is 0 Å². The Labute approximate surface area is 75.7 Å². The molecule has 0 N–H and O–H groups in total. The molecule has 0 rings (SSSR count). The molecular weight excluding hydrogens is 243 g/mol. The third kappa shape index (κ3) is 5.20. The number of hydrogen-bond donors (Lipinski definition) is 0. The van der Waals surface area contributed by atoms with Crippen molar-refractivity contribution >= 4 is 22.6 Å². The van der Waals surface area contributed by atoms with Crippen LogP contribution in [0.1, 0.15) is 6.92 Å². The molecule has 0 amide bonds. The SMILES string of the molecule is C=CCO[C@H](CI)OCC. The van der Waals surface area contributed by atoms with E-state index in [4.69, 9.17) is 9.47 Å². The summed E-state index contributed by atoms with van der Waals surface area (Å²) in [7, 11) is 0. The van der Waals surface area contributed by atoms with Crippen molar-refractivity contribution in [2.24, 2.45) is 0 Å². The number of ether oxygens (including phenoxy) is 2. The Balaban J connectivity index is 3.29. The lowest BCUT2D eigenvalue weighted by molar-refractivity contribution is -0.113. The monoisotopic (exact) mass is 256 g/mol. The van der Waals surface area contributed by atoms with E-state index in [2.05, 4.69) is 29.2 Å². The molecule has 2 nitrogen and oxygen atoms in total. The highest BCUT2D eigenvalue weighted by molar-refractivity contribution is 14.1. The molecule has 60 valence electrons. The number of hydrogen-bond acceptors (Lipinski definition) is 2. The van der Waals surface area contributed by atoms with Crippen LogP contribution in [0.4, 0.5) is 0 Å². The molecule has 0 aliphatic heterocycles. The summed E-state index contributed by atoms with van der Waals surface area (Å²) >= 11 is 2.23. The molecule has 0 bridgehead atoms. The van der Waals surface area contributed by atoms with Gasteiger partial charge in [-0.05, 0) is 6.92 Å². The number of rotatable bonds is 6. The van der Waals surface area contributed by atoms with Gasteiger partial charge < -0.3 is 9.47 Å². The average Bonchev–Trinajstić information content (AvgIpc) is 1.98. The summed E-state index contributed by atoms with van der Waals surface area (Å²) in [6.07, 6.45) is 1.65. The van der Waals surface area contributed by atoms with Gasteiger partial charge in [-0.3, -0.25) is 0 Å². The standard InChI is InChI=1S/C7H13IO2/c1-3-5-10-7(6-8)9-4-2/h3,7H,1,4-6H2,2H3/t7-/m1/s1. The first kappa shape index (κ1) is 10.4. The van der Waals surface area contributed by atoms with Gasteiger partial charge in [-0.2, -0.15) is 0 Å². The summed E-state index contributed by atoms with van der Waals surface area (Å²) < 4.78 is 11.3. The van der Waals surface area contributed by atoms with E-state index in [0.717, 1.165) is 4.43 Å². The van der Waals surface area contributed by atoms with Crippen LogP contribution < -0.4 is 0 Å². The van der Waals surface area contributed by atoms with Gasteiger partial charge in [0.05, 0.1) is 11.0 Å². The van der Waals surface area contributed by atoms with Crippen molar-refractivity contribution in [1.82, 2.24) is 0 Å². The summed E-state index contributed by atoms with van der Waals surface area (Å²) in [5.74, 6) is 0. The maximum Gasteiger partial charge on any atom is 0.166 e. The molecule has 0 aliphatic rings. The Morgan fingerprint density at radius 3 is 2.70 bits per heavy atom. The highest BCUT2D eigenvalue weighted by Crippen LogP contribution is 1.99. The zero-order chi connectivity index (χ0) is 7.82. The van der Waals surface area contributed by atoms with Gasteiger partial charge >= 0.3 is 0 Å². The molecule has 0 fully saturated rings. The van der Waals surface area contributed by atoms with Crippen molar-refractivity contribution < 1.29 is 9.47 Å². The second-order valence-corrected chi connectivity index (χ2v) is 2.54. The Kier molecular flexibility index (Phi) is 7.79. The van der Waals surface area contributed by atoms with Gasteiger partial charge in [0.25, 0.3) is 0 Å². The minimum absolute atomic E-state index is 0.0661. The van der Waals surface area contributed by atoms with Gasteiger partial charge in [0.15, 0.2) is 6.29 Å². The van der Waals surface area contributed by atoms with Crippen LogP contribution in [0.3, 0.4) is 0 Å². The molecule has 1 atom stereocenters. The Morgan fingerprint density at radius 2 is 2.30 bits per heavy atom. The lowest BCUT2D eigenvalue weighted by Gasteiger charge is -2.13. The molecule has 0 aromatic rings. The largest absolute Gasteiger partial charge is 0.352 e. The zero-order valence-corrected chi connectivity index (χ0v) is 8.34. The smallest absolute Gasteiger partial charge is 0.166 e. The molecule has 0 aliphatic carbocycles. The van der Waals surface area contributed by atoms with Gasteiger partial charge in [-0.1, -0.05) is 28.7 Å². The predicted molar refractivity (Wildman–Crippen MR) is 50.5 cm³/mol. The normalized spacial score (nSPS) is 13.0. The lowest BCUT2D eigenvalue weighted by Crippen LogP contribution is -2.18. The topological polar surface area (TPSA) is 18.5 Å². The average molecular weight is 256 g/mol. The molecule has 0 saturated heterocycles. The van der Waals surface area contributed by atoms with E-state index in [9.17, 15) is 0 Å². The van der Waals surface area contributed by atoms with Gasteiger partial charge in [-0.15, -0.1) is 6.58 Å². The fourth-order valence-corrected chi connectivity index (χ4v) is 1.01. The molecule has 0 aromatic heterocycles. The lowest BCUT2D eigenvalue weighted by atomic mass is 10.6. The fraction of sp³-hybridized carbons (Fsp3) is 0.714. The molecule has 0 spiro atoms. The van der Waals surface area contributed by atoms with E-state index >= 15 is 0 Å². The van der Waals surface area contributed by atoms with Crippen molar-refractivity contribution in [3.63, 3.8) is 0 Å². The van der Waals surface area contributed by atoms with E-state index in [1.165, 1.54) is 0 Å². The van der Waals surface area contributed by atoms with Crippen LogP contribution in [0.5, 0.6) is 0 Å². The minimum atomic E-state index is -0.0661. The molecule has 3 heteroatoms. The van der Waals surface area contributed by atoms with Gasteiger partial charge in [-0.25, -0.2) is 0 Å². The van der Waals surface area contributed by atoms with E-state index in [1.54, 1.807) is 6.08 Å². The first-order valence-corrected chi connectivity index (χ1v) is 4.77. The summed E-state index contributed by atoms with van der Waals surface area (Å²) in [6.45, 7) is 6.76. The maximum absolute atomic E-state index is 5.23. The quantitative estimate of drug-likeness (QED) is 0.313. The van der Waals surface area contributed by atoms with Crippen molar-refractivity contribution in [2.45, 2.75) is 13.2 Å². The second kappa shape index (κ2) is 7.50. The molecular formula is C7H13IO2. The van der Waals surface area contributed by atoms with Crippen molar-refractivity contribution in [3.8, 4) is 0 Å². The number of halogens is 1. The molecule has 0 saturated carbocycles. The van der Waals surface area contributed by atoms with E-state index in [1.807, 2.05) is 6.92 Å². The van der Waals surface area contributed by atoms with Crippen molar-refractivity contribution in [2.75, 3.05) is 17.6 Å². The fourth-order valence-electron chi connectivity index (χ4n) is 0.498. The first-order chi connectivity index (χ1) is 4.85. The Bertz CT molecular complexity index is 85.7. The van der Waals surface area contributed by atoms with Crippen LogP contribution in [-0.4, -0.2) is 23.9 Å². The highest BCUT2D eigenvalue weighted by atomic mass is 127. The zero-order valence-electron chi connectivity index (χ0n) is 6.18. The van der Waals surface area contributed by atoms with Crippen molar-refractivity contribution in [3.05, 3.63) is 12.7 Å². The van der Waals surface area contributed by atoms with Crippen molar-refractivity contribution in [1.29, 1.82) is 0 Å². The van der Waals surface area contributed by atoms with Crippen LogP contribution in [0, 0.1) is 0 Å². The second-order valence-electron chi connectivity index (χ2n) is 1.66. The summed E-state index contributed by atoms with van der Waals surface area (Å²) in [5.41, 5.74) is 0. The van der Waals surface area contributed by atoms with E-state index < -0.39 is 0 Å². The van der Waals surface area contributed by atoms with Crippen LogP contribution in [-0.2, 0) is 9.47 Å². The predicted octanol–water partition coefficient (Wildman–Crippen LogP) is 1.99. The minimum Gasteiger partial charge on any atom is -0.352 e. The van der Waals surface area contributed by atoms with Crippen LogP contribution >= 0.6 is 22.6 Å². The van der Waals surface area contributed by atoms with Gasteiger partial charge in [0.2, 0.25) is 0 Å². The maximum atomic E-state index is 5.23. The molecule has 0 aromatic carbocycles. The summed E-state index contributed by atoms with van der Waals surface area (Å²) in [5, 5.41) is 0.